The molecule has 0 aromatic heterocycles. The van der Waals surface area contributed by atoms with Crippen LogP contribution in [0.5, 0.6) is 0 Å². The molecular formula is C21H24N2O. The molecule has 1 aliphatic rings. The van der Waals surface area contributed by atoms with E-state index in [0.717, 1.165) is 16.9 Å². The number of rotatable bonds is 3. The maximum atomic E-state index is 12.7. The van der Waals surface area contributed by atoms with E-state index in [4.69, 9.17) is 4.99 Å². The second-order valence-electron chi connectivity index (χ2n) is 6.94. The highest BCUT2D eigenvalue weighted by molar-refractivity contribution is 6.54. The van der Waals surface area contributed by atoms with Gasteiger partial charge >= 0.3 is 0 Å². The molecule has 2 aromatic rings. The van der Waals surface area contributed by atoms with Crippen molar-refractivity contribution in [1.82, 2.24) is 0 Å². The SMILES string of the molecule is CC(C)c1cccc(C(C)C)c1N=C1C(=O)N(C)c2ccccc21. The van der Waals surface area contributed by atoms with Crippen LogP contribution in [0, 0.1) is 0 Å². The monoisotopic (exact) mass is 320 g/mol. The highest BCUT2D eigenvalue weighted by Crippen LogP contribution is 2.37. The second kappa shape index (κ2) is 6.23. The van der Waals surface area contributed by atoms with Crippen molar-refractivity contribution in [3.8, 4) is 0 Å². The van der Waals surface area contributed by atoms with E-state index >= 15 is 0 Å². The number of fused-ring (bicyclic) bond motifs is 1. The summed E-state index contributed by atoms with van der Waals surface area (Å²) in [5.41, 5.74) is 5.72. The van der Waals surface area contributed by atoms with E-state index in [9.17, 15) is 4.79 Å². The van der Waals surface area contributed by atoms with Crippen molar-refractivity contribution >= 4 is 23.0 Å². The number of carbonyl (C=O) groups excluding carboxylic acids is 1. The van der Waals surface area contributed by atoms with Gasteiger partial charge in [0.2, 0.25) is 0 Å². The number of likely N-dealkylation sites (N-methyl/N-ethyl adjacent to an activating group) is 1. The Morgan fingerprint density at radius 3 is 2.04 bits per heavy atom. The number of carbonyl (C=O) groups is 1. The molecule has 0 atom stereocenters. The first kappa shape index (κ1) is 16.4. The summed E-state index contributed by atoms with van der Waals surface area (Å²) in [5.74, 6) is 0.671. The zero-order valence-corrected chi connectivity index (χ0v) is 15.0. The van der Waals surface area contributed by atoms with Crippen LogP contribution in [0.4, 0.5) is 11.4 Å². The maximum absolute atomic E-state index is 12.7. The fourth-order valence-corrected chi connectivity index (χ4v) is 3.21. The number of nitrogens with zero attached hydrogens (tertiary/aromatic N) is 2. The van der Waals surface area contributed by atoms with Crippen LogP contribution < -0.4 is 4.90 Å². The third-order valence-electron chi connectivity index (χ3n) is 4.59. The Hall–Kier alpha value is -2.42. The molecule has 0 spiro atoms. The van der Waals surface area contributed by atoms with Gasteiger partial charge in [0.25, 0.3) is 5.91 Å². The fraction of sp³-hybridized carbons (Fsp3) is 0.333. The molecule has 2 aromatic carbocycles. The lowest BCUT2D eigenvalue weighted by molar-refractivity contribution is -0.111. The van der Waals surface area contributed by atoms with Gasteiger partial charge in [-0.2, -0.15) is 0 Å². The van der Waals surface area contributed by atoms with Gasteiger partial charge in [-0.15, -0.1) is 0 Å². The van der Waals surface area contributed by atoms with Gasteiger partial charge in [-0.1, -0.05) is 64.1 Å². The van der Waals surface area contributed by atoms with Crippen LogP contribution in [0.3, 0.4) is 0 Å². The van der Waals surface area contributed by atoms with Gasteiger partial charge in [-0.05, 0) is 29.0 Å². The molecule has 1 aliphatic heterocycles. The molecule has 0 bridgehead atoms. The number of amides is 1. The fourth-order valence-electron chi connectivity index (χ4n) is 3.21. The lowest BCUT2D eigenvalue weighted by Crippen LogP contribution is -2.25. The van der Waals surface area contributed by atoms with Gasteiger partial charge < -0.3 is 4.90 Å². The zero-order chi connectivity index (χ0) is 17.4. The summed E-state index contributed by atoms with van der Waals surface area (Å²) in [6.45, 7) is 8.67. The van der Waals surface area contributed by atoms with E-state index in [1.165, 1.54) is 11.1 Å². The van der Waals surface area contributed by atoms with Crippen molar-refractivity contribution < 1.29 is 4.79 Å². The van der Waals surface area contributed by atoms with Crippen molar-refractivity contribution in [3.05, 3.63) is 59.2 Å². The highest BCUT2D eigenvalue weighted by Gasteiger charge is 2.31. The molecule has 0 fully saturated rings. The van der Waals surface area contributed by atoms with Crippen LogP contribution >= 0.6 is 0 Å². The average Bonchev–Trinajstić information content (AvgIpc) is 2.80. The number of hydrogen-bond donors (Lipinski definition) is 0. The topological polar surface area (TPSA) is 32.7 Å². The number of anilines is 1. The number of hydrogen-bond acceptors (Lipinski definition) is 2. The van der Waals surface area contributed by atoms with Crippen LogP contribution in [0.2, 0.25) is 0 Å². The van der Waals surface area contributed by atoms with Gasteiger partial charge in [0.05, 0.1) is 11.4 Å². The van der Waals surface area contributed by atoms with Crippen molar-refractivity contribution in [3.63, 3.8) is 0 Å². The lowest BCUT2D eigenvalue weighted by atomic mass is 9.92. The molecule has 124 valence electrons. The van der Waals surface area contributed by atoms with Crippen LogP contribution in [0.15, 0.2) is 47.5 Å². The summed E-state index contributed by atoms with van der Waals surface area (Å²) in [7, 11) is 1.81. The molecule has 1 heterocycles. The quantitative estimate of drug-likeness (QED) is 0.780. The summed E-state index contributed by atoms with van der Waals surface area (Å²) in [4.78, 5) is 19.3. The first-order valence-electron chi connectivity index (χ1n) is 8.50. The van der Waals surface area contributed by atoms with E-state index in [2.05, 4.69) is 45.9 Å². The molecular weight excluding hydrogens is 296 g/mol. The van der Waals surface area contributed by atoms with E-state index in [1.807, 2.05) is 24.3 Å². The minimum Gasteiger partial charge on any atom is -0.309 e. The lowest BCUT2D eigenvalue weighted by Gasteiger charge is -2.16. The predicted molar refractivity (Wildman–Crippen MR) is 101 cm³/mol. The molecule has 0 N–H and O–H groups in total. The Kier molecular flexibility index (Phi) is 4.27. The van der Waals surface area contributed by atoms with Gasteiger partial charge in [0.15, 0.2) is 0 Å². The molecule has 0 unspecified atom stereocenters. The predicted octanol–water partition coefficient (Wildman–Crippen LogP) is 5.03. The van der Waals surface area contributed by atoms with Gasteiger partial charge in [0, 0.05) is 12.6 Å². The number of para-hydroxylation sites is 2. The molecule has 0 aliphatic carbocycles. The number of benzene rings is 2. The maximum Gasteiger partial charge on any atom is 0.277 e. The standard InChI is InChI=1S/C21H24N2O/c1-13(2)15-10-8-11-16(14(3)4)19(15)22-20-17-9-6-7-12-18(17)23(5)21(20)24/h6-14H,1-5H3. The second-order valence-corrected chi connectivity index (χ2v) is 6.94. The summed E-state index contributed by atoms with van der Waals surface area (Å²) in [6.07, 6.45) is 0. The smallest absolute Gasteiger partial charge is 0.277 e. The zero-order valence-electron chi connectivity index (χ0n) is 15.0. The molecule has 1 amide bonds. The molecule has 24 heavy (non-hydrogen) atoms. The van der Waals surface area contributed by atoms with Crippen molar-refractivity contribution in [2.45, 2.75) is 39.5 Å². The van der Waals surface area contributed by atoms with E-state index < -0.39 is 0 Å². The molecule has 0 saturated carbocycles. The van der Waals surface area contributed by atoms with Crippen molar-refractivity contribution in [1.29, 1.82) is 0 Å². The van der Waals surface area contributed by atoms with E-state index in [0.29, 0.717) is 17.5 Å². The normalized spacial score (nSPS) is 15.7. The van der Waals surface area contributed by atoms with Crippen LogP contribution in [-0.2, 0) is 4.79 Å². The van der Waals surface area contributed by atoms with Crippen LogP contribution in [0.1, 0.15) is 56.2 Å². The Morgan fingerprint density at radius 2 is 1.46 bits per heavy atom. The summed E-state index contributed by atoms with van der Waals surface area (Å²) in [5, 5.41) is 0. The van der Waals surface area contributed by atoms with Crippen LogP contribution in [-0.4, -0.2) is 18.7 Å². The summed E-state index contributed by atoms with van der Waals surface area (Å²) >= 11 is 0. The van der Waals surface area contributed by atoms with Crippen LogP contribution in [0.25, 0.3) is 0 Å². The Labute approximate surface area is 144 Å². The van der Waals surface area contributed by atoms with E-state index in [1.54, 1.807) is 11.9 Å². The minimum absolute atomic E-state index is 0.0375. The highest BCUT2D eigenvalue weighted by atomic mass is 16.2. The summed E-state index contributed by atoms with van der Waals surface area (Å²) in [6, 6.07) is 14.2. The molecule has 3 rings (SSSR count). The minimum atomic E-state index is -0.0375. The largest absolute Gasteiger partial charge is 0.309 e. The Bertz CT molecular complexity index is 792. The van der Waals surface area contributed by atoms with Crippen molar-refractivity contribution in [2.75, 3.05) is 11.9 Å². The molecule has 3 heteroatoms. The Balaban J connectivity index is 2.24. The van der Waals surface area contributed by atoms with E-state index in [-0.39, 0.29) is 5.91 Å². The molecule has 0 radical (unpaired) electrons. The summed E-state index contributed by atoms with van der Waals surface area (Å²) < 4.78 is 0. The third-order valence-corrected chi connectivity index (χ3v) is 4.59. The average molecular weight is 320 g/mol. The first-order valence-corrected chi connectivity index (χ1v) is 8.50. The van der Waals surface area contributed by atoms with Gasteiger partial charge in [0.1, 0.15) is 5.71 Å². The van der Waals surface area contributed by atoms with Crippen molar-refractivity contribution in [2.24, 2.45) is 4.99 Å². The van der Waals surface area contributed by atoms with Gasteiger partial charge in [-0.3, -0.25) is 4.79 Å². The first-order chi connectivity index (χ1) is 11.4. The number of aliphatic imine (C=N–C) groups is 1. The molecule has 3 nitrogen and oxygen atoms in total. The third kappa shape index (κ3) is 2.64. The Morgan fingerprint density at radius 1 is 0.875 bits per heavy atom. The van der Waals surface area contributed by atoms with Gasteiger partial charge in [-0.25, -0.2) is 4.99 Å². The molecule has 0 saturated heterocycles.